The molecule has 8 nitrogen and oxygen atoms in total. The van der Waals surface area contributed by atoms with Crippen molar-refractivity contribution in [3.8, 4) is 0 Å². The number of nitrogens with one attached hydrogen (secondary N) is 3. The average Bonchev–Trinajstić information content (AvgIpc) is 2.86. The van der Waals surface area contributed by atoms with E-state index in [1.807, 2.05) is 18.2 Å². The summed E-state index contributed by atoms with van der Waals surface area (Å²) in [4.78, 5) is 25.1. The van der Waals surface area contributed by atoms with Crippen molar-refractivity contribution >= 4 is 29.6 Å². The molecule has 1 aliphatic rings. The SMILES string of the molecule is C=CCNN(c1ccccn1)c1nc(Nc2ccc(C3CCNCC3)c(C)c2)ncc1C=O. The molecule has 0 bridgehead atoms. The lowest BCUT2D eigenvalue weighted by molar-refractivity contribution is 0.112. The lowest BCUT2D eigenvalue weighted by atomic mass is 9.87. The van der Waals surface area contributed by atoms with Crippen molar-refractivity contribution in [2.24, 2.45) is 0 Å². The summed E-state index contributed by atoms with van der Waals surface area (Å²) in [7, 11) is 0. The van der Waals surface area contributed by atoms with Gasteiger partial charge in [-0.25, -0.2) is 20.4 Å². The van der Waals surface area contributed by atoms with Crippen LogP contribution in [0, 0.1) is 6.92 Å². The number of hydrazine groups is 1. The minimum atomic E-state index is 0.347. The molecule has 170 valence electrons. The smallest absolute Gasteiger partial charge is 0.229 e. The van der Waals surface area contributed by atoms with Crippen LogP contribution in [0.5, 0.6) is 0 Å². The van der Waals surface area contributed by atoms with E-state index in [1.165, 1.54) is 17.3 Å². The topological polar surface area (TPSA) is 95.1 Å². The van der Waals surface area contributed by atoms with E-state index in [0.29, 0.717) is 35.6 Å². The zero-order valence-electron chi connectivity index (χ0n) is 18.8. The van der Waals surface area contributed by atoms with E-state index in [0.717, 1.165) is 37.9 Å². The van der Waals surface area contributed by atoms with Crippen molar-refractivity contribution < 1.29 is 4.79 Å². The molecule has 2 aromatic heterocycles. The lowest BCUT2D eigenvalue weighted by Crippen LogP contribution is -2.36. The standard InChI is InChI=1S/C25H29N7O/c1-3-11-29-32(23-6-4-5-12-27-23)24-20(17-33)16-28-25(31-24)30-21-7-8-22(18(2)15-21)19-9-13-26-14-10-19/h3-8,12,15-17,19,26,29H,1,9-11,13-14H2,2H3,(H,28,30,31). The minimum Gasteiger partial charge on any atom is -0.324 e. The van der Waals surface area contributed by atoms with Gasteiger partial charge in [0.05, 0.1) is 5.56 Å². The molecule has 0 aliphatic carbocycles. The first-order valence-corrected chi connectivity index (χ1v) is 11.2. The molecule has 3 N–H and O–H groups in total. The molecule has 0 atom stereocenters. The summed E-state index contributed by atoms with van der Waals surface area (Å²) in [5, 5.41) is 8.38. The summed E-state index contributed by atoms with van der Waals surface area (Å²) in [5.41, 5.74) is 7.09. The van der Waals surface area contributed by atoms with Crippen molar-refractivity contribution in [2.75, 3.05) is 30.0 Å². The molecule has 33 heavy (non-hydrogen) atoms. The summed E-state index contributed by atoms with van der Waals surface area (Å²) < 4.78 is 0. The highest BCUT2D eigenvalue weighted by atomic mass is 16.1. The minimum absolute atomic E-state index is 0.347. The second-order valence-electron chi connectivity index (χ2n) is 7.99. The predicted molar refractivity (Wildman–Crippen MR) is 131 cm³/mol. The molecule has 8 heteroatoms. The van der Waals surface area contributed by atoms with Crippen molar-refractivity contribution in [3.05, 3.63) is 78.1 Å². The fourth-order valence-electron chi connectivity index (χ4n) is 4.08. The number of aldehydes is 1. The maximum absolute atomic E-state index is 11.7. The molecular weight excluding hydrogens is 414 g/mol. The van der Waals surface area contributed by atoms with Crippen LogP contribution in [0.15, 0.2) is 61.4 Å². The number of carbonyl (C=O) groups excluding carboxylic acids is 1. The molecule has 1 aromatic carbocycles. The first-order valence-electron chi connectivity index (χ1n) is 11.2. The Balaban J connectivity index is 1.61. The van der Waals surface area contributed by atoms with Gasteiger partial charge < -0.3 is 10.6 Å². The Morgan fingerprint density at radius 2 is 2.06 bits per heavy atom. The van der Waals surface area contributed by atoms with Gasteiger partial charge in [0.1, 0.15) is 5.82 Å². The highest BCUT2D eigenvalue weighted by Crippen LogP contribution is 2.30. The summed E-state index contributed by atoms with van der Waals surface area (Å²) in [6.45, 7) is 8.51. The Labute approximate surface area is 194 Å². The zero-order chi connectivity index (χ0) is 23.0. The van der Waals surface area contributed by atoms with Gasteiger partial charge in [-0.05, 0) is 74.2 Å². The molecule has 0 radical (unpaired) electrons. The molecule has 1 aliphatic heterocycles. The number of aryl methyl sites for hydroxylation is 1. The van der Waals surface area contributed by atoms with Crippen molar-refractivity contribution in [1.82, 2.24) is 25.7 Å². The van der Waals surface area contributed by atoms with Gasteiger partial charge in [0.2, 0.25) is 5.95 Å². The molecule has 3 aromatic rings. The van der Waals surface area contributed by atoms with Crippen LogP contribution in [0.25, 0.3) is 0 Å². The van der Waals surface area contributed by atoms with Gasteiger partial charge in [-0.1, -0.05) is 18.2 Å². The third-order valence-electron chi connectivity index (χ3n) is 5.71. The van der Waals surface area contributed by atoms with Crippen molar-refractivity contribution in [1.29, 1.82) is 0 Å². The Morgan fingerprint density at radius 1 is 1.21 bits per heavy atom. The van der Waals surface area contributed by atoms with Crippen molar-refractivity contribution in [3.63, 3.8) is 0 Å². The summed E-state index contributed by atoms with van der Waals surface area (Å²) >= 11 is 0. The number of hydrogen-bond acceptors (Lipinski definition) is 8. The quantitative estimate of drug-likeness (QED) is 0.259. The number of nitrogens with zero attached hydrogens (tertiary/aromatic N) is 4. The Kier molecular flexibility index (Phi) is 7.39. The van der Waals surface area contributed by atoms with Crippen molar-refractivity contribution in [2.45, 2.75) is 25.7 Å². The van der Waals surface area contributed by atoms with Gasteiger partial charge in [0.25, 0.3) is 0 Å². The fraction of sp³-hybridized carbons (Fsp3) is 0.280. The van der Waals surface area contributed by atoms with E-state index < -0.39 is 0 Å². The van der Waals surface area contributed by atoms with Crippen LogP contribution in [0.1, 0.15) is 40.2 Å². The molecule has 3 heterocycles. The maximum Gasteiger partial charge on any atom is 0.229 e. The van der Waals surface area contributed by atoms with Crippen LogP contribution in [0.2, 0.25) is 0 Å². The fourth-order valence-corrected chi connectivity index (χ4v) is 4.08. The first kappa shape index (κ1) is 22.6. The van der Waals surface area contributed by atoms with E-state index in [1.54, 1.807) is 17.3 Å². The summed E-state index contributed by atoms with van der Waals surface area (Å²) in [6, 6.07) is 11.9. The van der Waals surface area contributed by atoms with Crippen LogP contribution < -0.4 is 21.1 Å². The Morgan fingerprint density at radius 3 is 2.76 bits per heavy atom. The number of carbonyl (C=O) groups is 1. The van der Waals surface area contributed by atoms with Crippen LogP contribution >= 0.6 is 0 Å². The molecule has 4 rings (SSSR count). The number of rotatable bonds is 9. The summed E-state index contributed by atoms with van der Waals surface area (Å²) in [6.07, 6.45) is 7.99. The molecule has 1 saturated heterocycles. The van der Waals surface area contributed by atoms with Crippen LogP contribution in [-0.4, -0.2) is 40.9 Å². The van der Waals surface area contributed by atoms with Crippen LogP contribution in [0.3, 0.4) is 0 Å². The van der Waals surface area contributed by atoms with E-state index in [2.05, 4.69) is 62.7 Å². The largest absolute Gasteiger partial charge is 0.324 e. The van der Waals surface area contributed by atoms with E-state index in [4.69, 9.17) is 0 Å². The number of hydrogen-bond donors (Lipinski definition) is 3. The molecule has 0 unspecified atom stereocenters. The van der Waals surface area contributed by atoms with Gasteiger partial charge in [-0.15, -0.1) is 6.58 Å². The first-order chi connectivity index (χ1) is 16.2. The monoisotopic (exact) mass is 443 g/mol. The summed E-state index contributed by atoms with van der Waals surface area (Å²) in [5.74, 6) is 2.00. The number of pyridine rings is 1. The van der Waals surface area contributed by atoms with E-state index in [9.17, 15) is 4.79 Å². The number of anilines is 4. The lowest BCUT2D eigenvalue weighted by Gasteiger charge is -2.25. The zero-order valence-corrected chi connectivity index (χ0v) is 18.8. The van der Waals surface area contributed by atoms with Gasteiger partial charge in [0.15, 0.2) is 12.1 Å². The molecule has 0 amide bonds. The normalized spacial score (nSPS) is 14.0. The van der Waals surface area contributed by atoms with Gasteiger partial charge in [-0.2, -0.15) is 4.98 Å². The third-order valence-corrected chi connectivity index (χ3v) is 5.71. The van der Waals surface area contributed by atoms with Gasteiger partial charge in [0, 0.05) is 24.6 Å². The number of aromatic nitrogens is 3. The van der Waals surface area contributed by atoms with E-state index >= 15 is 0 Å². The van der Waals surface area contributed by atoms with Gasteiger partial charge >= 0.3 is 0 Å². The maximum atomic E-state index is 11.7. The number of piperidine rings is 1. The van der Waals surface area contributed by atoms with Crippen LogP contribution in [-0.2, 0) is 0 Å². The van der Waals surface area contributed by atoms with Gasteiger partial charge in [-0.3, -0.25) is 4.79 Å². The molecule has 0 saturated carbocycles. The second kappa shape index (κ2) is 10.8. The highest BCUT2D eigenvalue weighted by Gasteiger charge is 2.19. The molecule has 1 fully saturated rings. The Bertz CT molecular complexity index is 1100. The average molecular weight is 444 g/mol. The third kappa shape index (κ3) is 5.42. The van der Waals surface area contributed by atoms with E-state index in [-0.39, 0.29) is 0 Å². The highest BCUT2D eigenvalue weighted by molar-refractivity contribution is 5.84. The molecular formula is C25H29N7O. The molecule has 0 spiro atoms. The van der Waals surface area contributed by atoms with Crippen LogP contribution in [0.4, 0.5) is 23.3 Å². The predicted octanol–water partition coefficient (Wildman–Crippen LogP) is 4.03. The Hall–Kier alpha value is -3.62. The second-order valence-corrected chi connectivity index (χ2v) is 7.99. The number of benzene rings is 1.